The number of benzene rings is 2. The Kier molecular flexibility index (Phi) is 6.70. The predicted octanol–water partition coefficient (Wildman–Crippen LogP) is 3.80. The molecule has 2 heterocycles. The maximum Gasteiger partial charge on any atom is 0.233 e. The zero-order valence-corrected chi connectivity index (χ0v) is 18.6. The molecular weight excluding hydrogens is 402 g/mol. The molecule has 2 aromatic carbocycles. The molecule has 1 saturated heterocycles. The zero-order chi connectivity index (χ0) is 20.2. The number of para-hydroxylation sites is 1. The zero-order valence-electron chi connectivity index (χ0n) is 17.0. The van der Waals surface area contributed by atoms with Crippen LogP contribution in [0.25, 0.3) is 0 Å². The number of ether oxygens (including phenoxy) is 1. The average molecular weight is 430 g/mol. The molecular formula is C22H27N3O2S2. The summed E-state index contributed by atoms with van der Waals surface area (Å²) in [5.41, 5.74) is 2.50. The lowest BCUT2D eigenvalue weighted by Gasteiger charge is -2.34. The molecule has 0 atom stereocenters. The Bertz CT molecular complexity index is 869. The molecule has 1 fully saturated rings. The fourth-order valence-corrected chi connectivity index (χ4v) is 5.40. The van der Waals surface area contributed by atoms with Gasteiger partial charge in [0.1, 0.15) is 0 Å². The molecule has 0 aromatic heterocycles. The SMILES string of the molecule is CN(C)CCN1c2ccccc2Sc2ccc(SCC(=O)N3CCOCC3)cc21. The molecule has 0 bridgehead atoms. The molecule has 154 valence electrons. The van der Waals surface area contributed by atoms with E-state index in [0.29, 0.717) is 32.1 Å². The van der Waals surface area contributed by atoms with Crippen molar-refractivity contribution in [2.45, 2.75) is 14.7 Å². The van der Waals surface area contributed by atoms with Crippen LogP contribution in [-0.2, 0) is 9.53 Å². The minimum absolute atomic E-state index is 0.195. The lowest BCUT2D eigenvalue weighted by molar-refractivity contribution is -0.132. The van der Waals surface area contributed by atoms with Crippen molar-refractivity contribution in [2.75, 3.05) is 64.1 Å². The molecule has 2 aromatic rings. The third-order valence-corrected chi connectivity index (χ3v) is 7.20. The molecule has 0 saturated carbocycles. The highest BCUT2D eigenvalue weighted by Gasteiger charge is 2.24. The van der Waals surface area contributed by atoms with E-state index in [0.717, 1.165) is 18.0 Å². The van der Waals surface area contributed by atoms with Gasteiger partial charge in [-0.2, -0.15) is 0 Å². The first kappa shape index (κ1) is 20.6. The van der Waals surface area contributed by atoms with E-state index < -0.39 is 0 Å². The number of amides is 1. The Hall–Kier alpha value is -1.67. The summed E-state index contributed by atoms with van der Waals surface area (Å²) >= 11 is 3.45. The van der Waals surface area contributed by atoms with Crippen molar-refractivity contribution < 1.29 is 9.53 Å². The van der Waals surface area contributed by atoms with Crippen LogP contribution >= 0.6 is 23.5 Å². The van der Waals surface area contributed by atoms with Gasteiger partial charge in [-0.15, -0.1) is 11.8 Å². The van der Waals surface area contributed by atoms with E-state index in [1.54, 1.807) is 11.8 Å². The van der Waals surface area contributed by atoms with Crippen molar-refractivity contribution in [3.8, 4) is 0 Å². The van der Waals surface area contributed by atoms with Crippen molar-refractivity contribution in [1.29, 1.82) is 0 Å². The van der Waals surface area contributed by atoms with Crippen LogP contribution in [0, 0.1) is 0 Å². The highest BCUT2D eigenvalue weighted by molar-refractivity contribution is 8.00. The Morgan fingerprint density at radius 2 is 1.86 bits per heavy atom. The molecule has 2 aliphatic rings. The minimum atomic E-state index is 0.195. The fraction of sp³-hybridized carbons (Fsp3) is 0.409. The second kappa shape index (κ2) is 9.43. The van der Waals surface area contributed by atoms with Gasteiger partial charge in [-0.1, -0.05) is 23.9 Å². The number of thioether (sulfide) groups is 1. The van der Waals surface area contributed by atoms with Gasteiger partial charge in [0.2, 0.25) is 5.91 Å². The Labute approximate surface area is 181 Å². The molecule has 0 unspecified atom stereocenters. The summed E-state index contributed by atoms with van der Waals surface area (Å²) in [7, 11) is 4.21. The van der Waals surface area contributed by atoms with Crippen LogP contribution in [0.2, 0.25) is 0 Å². The molecule has 1 amide bonds. The maximum absolute atomic E-state index is 12.5. The van der Waals surface area contributed by atoms with Crippen molar-refractivity contribution in [3.05, 3.63) is 42.5 Å². The van der Waals surface area contributed by atoms with Crippen molar-refractivity contribution in [2.24, 2.45) is 0 Å². The van der Waals surface area contributed by atoms with Crippen molar-refractivity contribution >= 4 is 40.8 Å². The molecule has 29 heavy (non-hydrogen) atoms. The van der Waals surface area contributed by atoms with E-state index in [1.807, 2.05) is 16.7 Å². The van der Waals surface area contributed by atoms with Crippen LogP contribution in [-0.4, -0.2) is 74.9 Å². The lowest BCUT2D eigenvalue weighted by Crippen LogP contribution is -2.41. The summed E-state index contributed by atoms with van der Waals surface area (Å²) in [6, 6.07) is 15.2. The Balaban J connectivity index is 1.51. The highest BCUT2D eigenvalue weighted by atomic mass is 32.2. The van der Waals surface area contributed by atoms with Gasteiger partial charge in [0.05, 0.1) is 30.3 Å². The Morgan fingerprint density at radius 3 is 2.66 bits per heavy atom. The largest absolute Gasteiger partial charge is 0.378 e. The summed E-state index contributed by atoms with van der Waals surface area (Å²) in [4.78, 5) is 22.7. The highest BCUT2D eigenvalue weighted by Crippen LogP contribution is 2.48. The third-order valence-electron chi connectivity index (χ3n) is 5.09. The number of carbonyl (C=O) groups excluding carboxylic acids is 1. The number of morpholine rings is 1. The van der Waals surface area contributed by atoms with Crippen LogP contribution in [0.5, 0.6) is 0 Å². The number of hydrogen-bond acceptors (Lipinski definition) is 6. The number of hydrogen-bond donors (Lipinski definition) is 0. The van der Waals surface area contributed by atoms with Crippen LogP contribution in [0.3, 0.4) is 0 Å². The first-order chi connectivity index (χ1) is 14.1. The molecule has 2 aliphatic heterocycles. The van der Waals surface area contributed by atoms with Crippen LogP contribution in [0.15, 0.2) is 57.2 Å². The van der Waals surface area contributed by atoms with Crippen LogP contribution in [0.1, 0.15) is 0 Å². The minimum Gasteiger partial charge on any atom is -0.378 e. The third kappa shape index (κ3) is 4.91. The summed E-state index contributed by atoms with van der Waals surface area (Å²) < 4.78 is 5.34. The smallest absolute Gasteiger partial charge is 0.233 e. The topological polar surface area (TPSA) is 36.0 Å². The molecule has 5 nitrogen and oxygen atoms in total. The average Bonchev–Trinajstić information content (AvgIpc) is 2.75. The standard InChI is InChI=1S/C22H27N3O2S2/c1-23(2)9-10-25-18-5-3-4-6-20(18)29-21-8-7-17(15-19(21)25)28-16-22(26)24-11-13-27-14-12-24/h3-8,15H,9-14,16H2,1-2H3. The summed E-state index contributed by atoms with van der Waals surface area (Å²) in [6.45, 7) is 4.60. The lowest BCUT2D eigenvalue weighted by atomic mass is 10.2. The van der Waals surface area contributed by atoms with E-state index in [4.69, 9.17) is 4.74 Å². The number of fused-ring (bicyclic) bond motifs is 2. The monoisotopic (exact) mass is 429 g/mol. The van der Waals surface area contributed by atoms with Gasteiger partial charge in [-0.3, -0.25) is 4.79 Å². The first-order valence-electron chi connectivity index (χ1n) is 9.93. The Morgan fingerprint density at radius 1 is 1.10 bits per heavy atom. The van der Waals surface area contributed by atoms with Gasteiger partial charge in [0.15, 0.2) is 0 Å². The van der Waals surface area contributed by atoms with Crippen molar-refractivity contribution in [3.63, 3.8) is 0 Å². The van der Waals surface area contributed by atoms with E-state index in [-0.39, 0.29) is 5.91 Å². The predicted molar refractivity (Wildman–Crippen MR) is 121 cm³/mol. The van der Waals surface area contributed by atoms with Crippen LogP contribution in [0.4, 0.5) is 11.4 Å². The number of likely N-dealkylation sites (N-methyl/N-ethyl adjacent to an activating group) is 1. The quantitative estimate of drug-likeness (QED) is 0.650. The molecule has 0 radical (unpaired) electrons. The van der Waals surface area contributed by atoms with Crippen LogP contribution < -0.4 is 4.90 Å². The normalized spacial score (nSPS) is 16.0. The second-order valence-electron chi connectivity index (χ2n) is 7.44. The van der Waals surface area contributed by atoms with Gasteiger partial charge in [-0.05, 0) is 44.4 Å². The van der Waals surface area contributed by atoms with E-state index in [1.165, 1.54) is 21.2 Å². The molecule has 0 N–H and O–H groups in total. The number of carbonyl (C=O) groups is 1. The van der Waals surface area contributed by atoms with E-state index in [2.05, 4.69) is 66.4 Å². The van der Waals surface area contributed by atoms with Gasteiger partial charge < -0.3 is 19.4 Å². The van der Waals surface area contributed by atoms with E-state index in [9.17, 15) is 4.79 Å². The van der Waals surface area contributed by atoms with Gasteiger partial charge in [0.25, 0.3) is 0 Å². The maximum atomic E-state index is 12.5. The van der Waals surface area contributed by atoms with E-state index >= 15 is 0 Å². The molecule has 4 rings (SSSR count). The van der Waals surface area contributed by atoms with Crippen molar-refractivity contribution in [1.82, 2.24) is 9.80 Å². The fourth-order valence-electron chi connectivity index (χ4n) is 3.49. The molecule has 7 heteroatoms. The second-order valence-corrected chi connectivity index (χ2v) is 9.57. The first-order valence-corrected chi connectivity index (χ1v) is 11.7. The molecule has 0 aliphatic carbocycles. The number of nitrogens with zero attached hydrogens (tertiary/aromatic N) is 3. The number of rotatable bonds is 6. The molecule has 0 spiro atoms. The summed E-state index contributed by atoms with van der Waals surface area (Å²) in [5.74, 6) is 0.667. The summed E-state index contributed by atoms with van der Waals surface area (Å²) in [5, 5.41) is 0. The summed E-state index contributed by atoms with van der Waals surface area (Å²) in [6.07, 6.45) is 0. The van der Waals surface area contributed by atoms with Gasteiger partial charge >= 0.3 is 0 Å². The number of anilines is 2. The van der Waals surface area contributed by atoms with Gasteiger partial charge in [0, 0.05) is 40.9 Å². The van der Waals surface area contributed by atoms with Gasteiger partial charge in [-0.25, -0.2) is 0 Å².